The summed E-state index contributed by atoms with van der Waals surface area (Å²) in [5.74, 6) is 6.99. The number of esters is 1. The van der Waals surface area contributed by atoms with Crippen LogP contribution in [0.25, 0.3) is 0 Å². The quantitative estimate of drug-likeness (QED) is 0.645. The average Bonchev–Trinajstić information content (AvgIpc) is 3.00. The molecule has 0 unspecified atom stereocenters. The molecular formula is C20H32O2S. The van der Waals surface area contributed by atoms with Crippen LogP contribution in [-0.2, 0) is 9.53 Å². The van der Waals surface area contributed by atoms with Crippen molar-refractivity contribution < 1.29 is 9.53 Å². The van der Waals surface area contributed by atoms with E-state index < -0.39 is 0 Å². The number of thioether (sulfide) groups is 1. The third-order valence-corrected chi connectivity index (χ3v) is 9.84. The molecule has 0 bridgehead atoms. The van der Waals surface area contributed by atoms with Crippen molar-refractivity contribution in [2.24, 2.45) is 40.4 Å². The van der Waals surface area contributed by atoms with Crippen LogP contribution in [0.3, 0.4) is 0 Å². The Morgan fingerprint density at radius 1 is 1.13 bits per heavy atom. The van der Waals surface area contributed by atoms with Gasteiger partial charge in [0.05, 0.1) is 0 Å². The van der Waals surface area contributed by atoms with Crippen LogP contribution in [0.2, 0.25) is 0 Å². The molecule has 1 aliphatic heterocycles. The summed E-state index contributed by atoms with van der Waals surface area (Å²) in [6.07, 6.45) is 6.57. The second kappa shape index (κ2) is 5.41. The Balaban J connectivity index is 1.64. The maximum atomic E-state index is 11.5. The lowest BCUT2D eigenvalue weighted by atomic mass is 9.46. The van der Waals surface area contributed by atoms with Crippen molar-refractivity contribution in [1.82, 2.24) is 0 Å². The zero-order valence-corrected chi connectivity index (χ0v) is 16.0. The highest BCUT2D eigenvalue weighted by Crippen LogP contribution is 2.67. The molecule has 8 atom stereocenters. The van der Waals surface area contributed by atoms with Crippen molar-refractivity contribution in [3.05, 3.63) is 0 Å². The van der Waals surface area contributed by atoms with Gasteiger partial charge in [-0.1, -0.05) is 20.8 Å². The van der Waals surface area contributed by atoms with Gasteiger partial charge in [-0.15, -0.1) is 0 Å². The van der Waals surface area contributed by atoms with Gasteiger partial charge >= 0.3 is 5.97 Å². The predicted octanol–water partition coefficient (Wildman–Crippen LogP) is 4.77. The van der Waals surface area contributed by atoms with E-state index in [1.807, 2.05) is 0 Å². The van der Waals surface area contributed by atoms with Gasteiger partial charge in [-0.3, -0.25) is 4.79 Å². The summed E-state index contributed by atoms with van der Waals surface area (Å²) in [7, 11) is 0. The van der Waals surface area contributed by atoms with Crippen molar-refractivity contribution in [2.45, 2.75) is 65.9 Å². The second-order valence-electron chi connectivity index (χ2n) is 9.44. The molecule has 1 saturated heterocycles. The second-order valence-corrected chi connectivity index (χ2v) is 10.5. The molecule has 4 rings (SSSR count). The fourth-order valence-corrected chi connectivity index (χ4v) is 8.99. The number of carbonyl (C=O) groups excluding carboxylic acids is 1. The molecule has 3 saturated carbocycles. The molecule has 0 aromatic heterocycles. The third kappa shape index (κ3) is 2.24. The van der Waals surface area contributed by atoms with Gasteiger partial charge < -0.3 is 4.74 Å². The number of hydrogen-bond donors (Lipinski definition) is 0. The van der Waals surface area contributed by atoms with Crippen molar-refractivity contribution in [3.8, 4) is 0 Å². The Kier molecular flexibility index (Phi) is 3.83. The molecule has 0 aromatic rings. The maximum absolute atomic E-state index is 11.5. The molecule has 0 aromatic carbocycles. The highest BCUT2D eigenvalue weighted by molar-refractivity contribution is 7.99. The first-order valence-corrected chi connectivity index (χ1v) is 10.8. The summed E-state index contributed by atoms with van der Waals surface area (Å²) < 4.78 is 5.77. The predicted molar refractivity (Wildman–Crippen MR) is 95.3 cm³/mol. The van der Waals surface area contributed by atoms with Crippen molar-refractivity contribution >= 4 is 17.7 Å². The SMILES string of the molecule is CC(=O)O[C@H]1CC[C@H]2[C@@H]3[C@@H](C)C[C@H]4CSC[C@]4(C)[C@H]3CC[C@]12C. The number of fused-ring (bicyclic) bond motifs is 5. The molecule has 130 valence electrons. The lowest BCUT2D eigenvalue weighted by Gasteiger charge is -2.59. The Morgan fingerprint density at radius 3 is 2.61 bits per heavy atom. The van der Waals surface area contributed by atoms with Gasteiger partial charge in [-0.25, -0.2) is 0 Å². The van der Waals surface area contributed by atoms with E-state index in [0.717, 1.165) is 36.0 Å². The lowest BCUT2D eigenvalue weighted by Crippen LogP contribution is -2.55. The monoisotopic (exact) mass is 336 g/mol. The van der Waals surface area contributed by atoms with Gasteiger partial charge in [-0.05, 0) is 78.6 Å². The van der Waals surface area contributed by atoms with E-state index in [0.29, 0.717) is 5.41 Å². The Bertz CT molecular complexity index is 506. The summed E-state index contributed by atoms with van der Waals surface area (Å²) in [4.78, 5) is 11.5. The summed E-state index contributed by atoms with van der Waals surface area (Å²) in [5, 5.41) is 0. The highest BCUT2D eigenvalue weighted by Gasteiger charge is 2.62. The van der Waals surface area contributed by atoms with Gasteiger partial charge in [0.15, 0.2) is 0 Å². The zero-order chi connectivity index (χ0) is 16.4. The van der Waals surface area contributed by atoms with E-state index in [1.54, 1.807) is 6.92 Å². The zero-order valence-electron chi connectivity index (χ0n) is 15.1. The average molecular weight is 337 g/mol. The molecule has 23 heavy (non-hydrogen) atoms. The van der Waals surface area contributed by atoms with Crippen LogP contribution in [0.1, 0.15) is 59.8 Å². The van der Waals surface area contributed by atoms with Gasteiger partial charge in [0.2, 0.25) is 0 Å². The Labute approximate surface area is 145 Å². The maximum Gasteiger partial charge on any atom is 0.302 e. The van der Waals surface area contributed by atoms with E-state index in [-0.39, 0.29) is 17.5 Å². The summed E-state index contributed by atoms with van der Waals surface area (Å²) >= 11 is 2.20. The standard InChI is InChI=1S/C20H32O2S/c1-12-9-14-10-23-11-20(14,4)16-7-8-19(3)15(18(12)16)5-6-17(19)22-13(2)21/h12,14-18H,5-11H2,1-4H3/t12-,14-,15-,16-,17-,18-,19-,20-/m0/s1. The minimum absolute atomic E-state index is 0.0880. The van der Waals surface area contributed by atoms with Gasteiger partial charge in [0, 0.05) is 12.3 Å². The number of carbonyl (C=O) groups is 1. The number of ether oxygens (including phenoxy) is 1. The van der Waals surface area contributed by atoms with Crippen molar-refractivity contribution in [3.63, 3.8) is 0 Å². The van der Waals surface area contributed by atoms with Crippen LogP contribution in [0.5, 0.6) is 0 Å². The first kappa shape index (κ1) is 16.3. The van der Waals surface area contributed by atoms with E-state index in [1.165, 1.54) is 37.2 Å². The smallest absolute Gasteiger partial charge is 0.302 e. The number of rotatable bonds is 1. The van der Waals surface area contributed by atoms with Crippen LogP contribution in [0.15, 0.2) is 0 Å². The van der Waals surface area contributed by atoms with Gasteiger partial charge in [0.1, 0.15) is 6.10 Å². The summed E-state index contributed by atoms with van der Waals surface area (Å²) in [6.45, 7) is 9.12. The van der Waals surface area contributed by atoms with E-state index in [4.69, 9.17) is 4.74 Å². The fourth-order valence-electron chi connectivity index (χ4n) is 7.19. The van der Waals surface area contributed by atoms with E-state index >= 15 is 0 Å². The molecule has 0 radical (unpaired) electrons. The normalized spacial score (nSPS) is 55.0. The topological polar surface area (TPSA) is 26.3 Å². The molecule has 0 N–H and O–H groups in total. The molecule has 0 spiro atoms. The van der Waals surface area contributed by atoms with Crippen LogP contribution < -0.4 is 0 Å². The third-order valence-electron chi connectivity index (χ3n) is 8.38. The fraction of sp³-hybridized carbons (Fsp3) is 0.950. The van der Waals surface area contributed by atoms with E-state index in [9.17, 15) is 4.79 Å². The summed E-state index contributed by atoms with van der Waals surface area (Å²) in [5.41, 5.74) is 0.804. The Morgan fingerprint density at radius 2 is 1.87 bits per heavy atom. The molecule has 4 aliphatic rings. The van der Waals surface area contributed by atoms with Crippen molar-refractivity contribution in [1.29, 1.82) is 0 Å². The van der Waals surface area contributed by atoms with Gasteiger partial charge in [-0.2, -0.15) is 11.8 Å². The molecule has 4 fully saturated rings. The molecule has 0 amide bonds. The van der Waals surface area contributed by atoms with Crippen LogP contribution in [0.4, 0.5) is 0 Å². The Hall–Kier alpha value is -0.180. The largest absolute Gasteiger partial charge is 0.462 e. The molecule has 1 heterocycles. The number of hydrogen-bond acceptors (Lipinski definition) is 3. The molecule has 2 nitrogen and oxygen atoms in total. The first-order valence-electron chi connectivity index (χ1n) is 9.61. The minimum Gasteiger partial charge on any atom is -0.462 e. The molecule has 3 heteroatoms. The summed E-state index contributed by atoms with van der Waals surface area (Å²) in [6, 6.07) is 0. The minimum atomic E-state index is -0.0880. The van der Waals surface area contributed by atoms with E-state index in [2.05, 4.69) is 32.5 Å². The van der Waals surface area contributed by atoms with Crippen LogP contribution in [0, 0.1) is 40.4 Å². The van der Waals surface area contributed by atoms with Crippen LogP contribution >= 0.6 is 11.8 Å². The lowest BCUT2D eigenvalue weighted by molar-refractivity contribution is -0.161. The van der Waals surface area contributed by atoms with Crippen LogP contribution in [-0.4, -0.2) is 23.6 Å². The molecular weight excluding hydrogens is 304 g/mol. The highest BCUT2D eigenvalue weighted by atomic mass is 32.2. The van der Waals surface area contributed by atoms with Gasteiger partial charge in [0.25, 0.3) is 0 Å². The molecule has 3 aliphatic carbocycles. The van der Waals surface area contributed by atoms with Crippen molar-refractivity contribution in [2.75, 3.05) is 11.5 Å². The first-order chi connectivity index (χ1) is 10.9.